The average Bonchev–Trinajstić information content (AvgIpc) is 2.87. The fourth-order valence-corrected chi connectivity index (χ4v) is 3.64. The standard InChI is InChI=1S/C25H25N5O5/c1-15-19-9-11-22(32)30(23(19)29-25(27-15)26-12-13-31)18-7-4-16(5-8-18)24(33)28-17-6-10-20(34-2)21(14-17)35-3/h4-11,14,31H,12-13H2,1-3H3,(H,28,33)(H,26,27,29). The summed E-state index contributed by atoms with van der Waals surface area (Å²) >= 11 is 0. The van der Waals surface area contributed by atoms with E-state index in [2.05, 4.69) is 20.6 Å². The summed E-state index contributed by atoms with van der Waals surface area (Å²) in [6.45, 7) is 2.03. The fourth-order valence-electron chi connectivity index (χ4n) is 3.64. The van der Waals surface area contributed by atoms with Gasteiger partial charge in [0.05, 0.1) is 32.2 Å². The zero-order valence-electron chi connectivity index (χ0n) is 19.5. The molecule has 1 amide bonds. The molecule has 0 fully saturated rings. The van der Waals surface area contributed by atoms with Crippen molar-refractivity contribution in [3.05, 3.63) is 76.2 Å². The third-order valence-corrected chi connectivity index (χ3v) is 5.36. The second kappa shape index (κ2) is 10.2. The van der Waals surface area contributed by atoms with Gasteiger partial charge < -0.3 is 25.2 Å². The van der Waals surface area contributed by atoms with Crippen molar-refractivity contribution >= 4 is 28.6 Å². The van der Waals surface area contributed by atoms with Gasteiger partial charge in [-0.25, -0.2) is 4.98 Å². The maximum Gasteiger partial charge on any atom is 0.256 e. The summed E-state index contributed by atoms with van der Waals surface area (Å²) in [4.78, 5) is 34.4. The smallest absolute Gasteiger partial charge is 0.256 e. The highest BCUT2D eigenvalue weighted by Gasteiger charge is 2.13. The van der Waals surface area contributed by atoms with Crippen LogP contribution in [-0.2, 0) is 0 Å². The minimum Gasteiger partial charge on any atom is -0.493 e. The summed E-state index contributed by atoms with van der Waals surface area (Å²) in [7, 11) is 3.06. The molecule has 35 heavy (non-hydrogen) atoms. The number of fused-ring (bicyclic) bond motifs is 1. The molecule has 0 saturated heterocycles. The second-order valence-electron chi connectivity index (χ2n) is 7.60. The number of aryl methyl sites for hydroxylation is 1. The first-order chi connectivity index (χ1) is 16.9. The maximum absolute atomic E-state index is 12.8. The number of anilines is 2. The number of carbonyl (C=O) groups is 1. The molecule has 4 rings (SSSR count). The normalized spacial score (nSPS) is 10.7. The quantitative estimate of drug-likeness (QED) is 0.355. The number of aliphatic hydroxyl groups is 1. The lowest BCUT2D eigenvalue weighted by Crippen LogP contribution is -2.20. The van der Waals surface area contributed by atoms with E-state index in [0.717, 1.165) is 5.39 Å². The Morgan fingerprint density at radius 1 is 1.00 bits per heavy atom. The molecule has 0 unspecified atom stereocenters. The van der Waals surface area contributed by atoms with Gasteiger partial charge in [0.1, 0.15) is 0 Å². The monoisotopic (exact) mass is 475 g/mol. The minimum atomic E-state index is -0.317. The molecule has 2 aromatic heterocycles. The Morgan fingerprint density at radius 2 is 1.74 bits per heavy atom. The molecule has 0 saturated carbocycles. The van der Waals surface area contributed by atoms with Gasteiger partial charge in [-0.15, -0.1) is 0 Å². The second-order valence-corrected chi connectivity index (χ2v) is 7.60. The van der Waals surface area contributed by atoms with Gasteiger partial charge in [0.25, 0.3) is 11.5 Å². The molecule has 0 aliphatic heterocycles. The number of amides is 1. The highest BCUT2D eigenvalue weighted by atomic mass is 16.5. The Morgan fingerprint density at radius 3 is 2.43 bits per heavy atom. The van der Waals surface area contributed by atoms with Crippen LogP contribution in [0.15, 0.2) is 59.4 Å². The molecule has 10 heteroatoms. The summed E-state index contributed by atoms with van der Waals surface area (Å²) < 4.78 is 12.0. The van der Waals surface area contributed by atoms with Crippen LogP contribution in [0.25, 0.3) is 16.7 Å². The van der Waals surface area contributed by atoms with Gasteiger partial charge >= 0.3 is 0 Å². The predicted octanol–water partition coefficient (Wildman–Crippen LogP) is 2.76. The molecule has 0 spiro atoms. The topological polar surface area (TPSA) is 128 Å². The number of pyridine rings is 1. The molecule has 4 aromatic rings. The van der Waals surface area contributed by atoms with Crippen molar-refractivity contribution in [1.29, 1.82) is 0 Å². The summed E-state index contributed by atoms with van der Waals surface area (Å²) in [5.74, 6) is 1.06. The molecular formula is C25H25N5O5. The Bertz CT molecular complexity index is 1430. The molecule has 0 aliphatic carbocycles. The fraction of sp³-hybridized carbons (Fsp3) is 0.200. The molecule has 0 radical (unpaired) electrons. The van der Waals surface area contributed by atoms with Gasteiger partial charge in [0.2, 0.25) is 5.95 Å². The SMILES string of the molecule is COc1ccc(NC(=O)c2ccc(-n3c(=O)ccc4c(C)nc(NCCO)nc43)cc2)cc1OC. The number of nitrogens with one attached hydrogen (secondary N) is 2. The molecule has 0 aliphatic rings. The van der Waals surface area contributed by atoms with Gasteiger partial charge in [-0.05, 0) is 49.4 Å². The van der Waals surface area contributed by atoms with Gasteiger partial charge in [0, 0.05) is 35.3 Å². The van der Waals surface area contributed by atoms with Crippen molar-refractivity contribution < 1.29 is 19.4 Å². The zero-order chi connectivity index (χ0) is 24.9. The number of aliphatic hydroxyl groups excluding tert-OH is 1. The van der Waals surface area contributed by atoms with E-state index >= 15 is 0 Å². The van der Waals surface area contributed by atoms with E-state index in [1.54, 1.807) is 55.6 Å². The number of benzene rings is 2. The lowest BCUT2D eigenvalue weighted by Gasteiger charge is -2.13. The van der Waals surface area contributed by atoms with Crippen LogP contribution in [0.2, 0.25) is 0 Å². The molecule has 2 heterocycles. The van der Waals surface area contributed by atoms with Crippen molar-refractivity contribution in [3.63, 3.8) is 0 Å². The van der Waals surface area contributed by atoms with Gasteiger partial charge in [-0.1, -0.05) is 0 Å². The summed E-state index contributed by atoms with van der Waals surface area (Å²) in [5.41, 5.74) is 2.36. The Hall–Kier alpha value is -4.44. The highest BCUT2D eigenvalue weighted by Crippen LogP contribution is 2.30. The van der Waals surface area contributed by atoms with Crippen LogP contribution >= 0.6 is 0 Å². The number of methoxy groups -OCH3 is 2. The Kier molecular flexibility index (Phi) is 6.93. The number of hydrogen-bond acceptors (Lipinski definition) is 8. The van der Waals surface area contributed by atoms with E-state index < -0.39 is 0 Å². The number of hydrogen-bond donors (Lipinski definition) is 3. The van der Waals surface area contributed by atoms with Gasteiger partial charge in [-0.3, -0.25) is 14.2 Å². The Labute approximate surface area is 201 Å². The van der Waals surface area contributed by atoms with Gasteiger partial charge in [0.15, 0.2) is 17.1 Å². The number of nitrogens with zero attached hydrogens (tertiary/aromatic N) is 3. The van der Waals surface area contributed by atoms with Crippen LogP contribution < -0.4 is 25.7 Å². The molecule has 3 N–H and O–H groups in total. The molecule has 0 atom stereocenters. The average molecular weight is 476 g/mol. The number of rotatable bonds is 8. The Balaban J connectivity index is 1.65. The van der Waals surface area contributed by atoms with Gasteiger partial charge in [-0.2, -0.15) is 4.98 Å². The van der Waals surface area contributed by atoms with Crippen molar-refractivity contribution in [3.8, 4) is 17.2 Å². The third-order valence-electron chi connectivity index (χ3n) is 5.36. The molecule has 0 bridgehead atoms. The van der Waals surface area contributed by atoms with E-state index in [-0.39, 0.29) is 24.6 Å². The van der Waals surface area contributed by atoms with Crippen LogP contribution in [0.5, 0.6) is 11.5 Å². The van der Waals surface area contributed by atoms with Crippen LogP contribution in [0.4, 0.5) is 11.6 Å². The van der Waals surface area contributed by atoms with E-state index in [4.69, 9.17) is 14.6 Å². The molecule has 180 valence electrons. The largest absolute Gasteiger partial charge is 0.493 e. The van der Waals surface area contributed by atoms with E-state index in [1.807, 2.05) is 6.92 Å². The highest BCUT2D eigenvalue weighted by molar-refractivity contribution is 6.04. The van der Waals surface area contributed by atoms with E-state index in [9.17, 15) is 9.59 Å². The first kappa shape index (κ1) is 23.7. The number of ether oxygens (including phenoxy) is 2. The summed E-state index contributed by atoms with van der Waals surface area (Å²) in [5, 5.41) is 15.6. The summed E-state index contributed by atoms with van der Waals surface area (Å²) in [6.07, 6.45) is 0. The van der Waals surface area contributed by atoms with Crippen molar-refractivity contribution in [2.24, 2.45) is 0 Å². The summed E-state index contributed by atoms with van der Waals surface area (Å²) in [6, 6.07) is 14.9. The first-order valence-electron chi connectivity index (χ1n) is 10.8. The molecule has 2 aromatic carbocycles. The third kappa shape index (κ3) is 4.92. The predicted molar refractivity (Wildman–Crippen MR) is 133 cm³/mol. The van der Waals surface area contributed by atoms with E-state index in [1.165, 1.54) is 17.7 Å². The number of aromatic nitrogens is 3. The van der Waals surface area contributed by atoms with Crippen LogP contribution in [0.3, 0.4) is 0 Å². The van der Waals surface area contributed by atoms with Crippen LogP contribution in [-0.4, -0.2) is 52.9 Å². The van der Waals surface area contributed by atoms with Crippen molar-refractivity contribution in [1.82, 2.24) is 14.5 Å². The number of carbonyl (C=O) groups excluding carboxylic acids is 1. The van der Waals surface area contributed by atoms with Crippen LogP contribution in [0.1, 0.15) is 16.1 Å². The molecule has 10 nitrogen and oxygen atoms in total. The minimum absolute atomic E-state index is 0.0745. The van der Waals surface area contributed by atoms with E-state index in [0.29, 0.717) is 45.7 Å². The van der Waals surface area contributed by atoms with Crippen molar-refractivity contribution in [2.45, 2.75) is 6.92 Å². The molecular weight excluding hydrogens is 450 g/mol. The first-order valence-corrected chi connectivity index (χ1v) is 10.8. The zero-order valence-corrected chi connectivity index (χ0v) is 19.5. The van der Waals surface area contributed by atoms with Crippen molar-refractivity contribution in [2.75, 3.05) is 38.0 Å². The lowest BCUT2D eigenvalue weighted by atomic mass is 10.1. The maximum atomic E-state index is 12.8. The lowest BCUT2D eigenvalue weighted by molar-refractivity contribution is 0.102. The van der Waals surface area contributed by atoms with Crippen LogP contribution in [0, 0.1) is 6.92 Å².